The van der Waals surface area contributed by atoms with Crippen LogP contribution < -0.4 is 9.54 Å². The van der Waals surface area contributed by atoms with Crippen LogP contribution in [0.25, 0.3) is 10.2 Å². The topological polar surface area (TPSA) is 69.9 Å². The molecule has 0 unspecified atom stereocenters. The van der Waals surface area contributed by atoms with Crippen LogP contribution in [-0.4, -0.2) is 35.9 Å². The van der Waals surface area contributed by atoms with Gasteiger partial charge in [-0.1, -0.05) is 18.3 Å². The molecule has 2 aromatic carbocycles. The molecule has 1 aromatic heterocycles. The van der Waals surface area contributed by atoms with E-state index in [1.807, 2.05) is 30.3 Å². The van der Waals surface area contributed by atoms with Crippen LogP contribution in [0, 0.1) is 0 Å². The minimum absolute atomic E-state index is 0.0155. The van der Waals surface area contributed by atoms with Crippen LogP contribution in [0.1, 0.15) is 24.2 Å². The molecule has 0 spiro atoms. The van der Waals surface area contributed by atoms with Crippen LogP contribution in [0.2, 0.25) is 0 Å². The van der Waals surface area contributed by atoms with Gasteiger partial charge in [0.05, 0.1) is 23.9 Å². The minimum atomic E-state index is -0.377. The molecule has 3 aromatic rings. The number of methoxy groups -OCH3 is 1. The van der Waals surface area contributed by atoms with E-state index in [1.165, 1.54) is 11.3 Å². The summed E-state index contributed by atoms with van der Waals surface area (Å²) in [6, 6.07) is 12.9. The van der Waals surface area contributed by atoms with Gasteiger partial charge in [0, 0.05) is 10.5 Å². The third-order valence-electron chi connectivity index (χ3n) is 4.09. The van der Waals surface area contributed by atoms with E-state index < -0.39 is 0 Å². The predicted molar refractivity (Wildman–Crippen MR) is 116 cm³/mol. The molecule has 0 aliphatic carbocycles. The average Bonchev–Trinajstić information content (AvgIpc) is 3.05. The van der Waals surface area contributed by atoms with Crippen LogP contribution >= 0.6 is 23.1 Å². The first-order valence-electron chi connectivity index (χ1n) is 9.20. The average molecular weight is 431 g/mol. The number of hydrogen-bond acceptors (Lipinski definition) is 6. The first-order valence-corrected chi connectivity index (χ1v) is 11.0. The van der Waals surface area contributed by atoms with E-state index in [0.717, 1.165) is 20.9 Å². The number of amides is 1. The molecular weight excluding hydrogens is 408 g/mol. The Morgan fingerprint density at radius 2 is 1.90 bits per heavy atom. The Morgan fingerprint density at radius 3 is 2.55 bits per heavy atom. The quantitative estimate of drug-likeness (QED) is 0.416. The van der Waals surface area contributed by atoms with Crippen molar-refractivity contribution in [2.45, 2.75) is 25.3 Å². The van der Waals surface area contributed by atoms with E-state index in [9.17, 15) is 9.59 Å². The van der Waals surface area contributed by atoms with Gasteiger partial charge in [-0.3, -0.25) is 9.59 Å². The van der Waals surface area contributed by atoms with Gasteiger partial charge < -0.3 is 14.0 Å². The Balaban J connectivity index is 2.03. The molecule has 0 saturated heterocycles. The third kappa shape index (κ3) is 5.07. The van der Waals surface area contributed by atoms with Gasteiger partial charge in [0.1, 0.15) is 12.3 Å². The van der Waals surface area contributed by atoms with Gasteiger partial charge in [-0.2, -0.15) is 4.99 Å². The SMILES string of the molecule is CCOC(=O)Cn1c(=NC(=O)c2ccc(SCC)cc2)sc2cc(OC)ccc21. The molecule has 152 valence electrons. The molecule has 0 aliphatic heterocycles. The Morgan fingerprint density at radius 1 is 1.14 bits per heavy atom. The van der Waals surface area contributed by atoms with E-state index in [-0.39, 0.29) is 18.4 Å². The molecule has 0 atom stereocenters. The predicted octanol–water partition coefficient (Wildman–Crippen LogP) is 4.13. The molecule has 0 N–H and O–H groups in total. The zero-order valence-electron chi connectivity index (χ0n) is 16.5. The van der Waals surface area contributed by atoms with Gasteiger partial charge >= 0.3 is 5.97 Å². The summed E-state index contributed by atoms with van der Waals surface area (Å²) in [6.07, 6.45) is 0. The lowest BCUT2D eigenvalue weighted by Gasteiger charge is -2.05. The van der Waals surface area contributed by atoms with Crippen molar-refractivity contribution in [2.75, 3.05) is 19.5 Å². The summed E-state index contributed by atoms with van der Waals surface area (Å²) in [5.74, 6) is 0.938. The van der Waals surface area contributed by atoms with Crippen molar-refractivity contribution in [1.29, 1.82) is 0 Å². The van der Waals surface area contributed by atoms with Crippen LogP contribution in [0.3, 0.4) is 0 Å². The molecule has 8 heteroatoms. The smallest absolute Gasteiger partial charge is 0.326 e. The fourth-order valence-electron chi connectivity index (χ4n) is 2.77. The van der Waals surface area contributed by atoms with Gasteiger partial charge in [-0.15, -0.1) is 11.8 Å². The summed E-state index contributed by atoms with van der Waals surface area (Å²) in [7, 11) is 1.59. The second-order valence-electron chi connectivity index (χ2n) is 5.98. The summed E-state index contributed by atoms with van der Waals surface area (Å²) in [4.78, 5) is 30.7. The first kappa shape index (κ1) is 21.1. The van der Waals surface area contributed by atoms with Crippen molar-refractivity contribution in [3.63, 3.8) is 0 Å². The summed E-state index contributed by atoms with van der Waals surface area (Å²) in [5.41, 5.74) is 1.30. The maximum atomic E-state index is 12.7. The molecule has 0 fully saturated rings. The molecule has 0 saturated carbocycles. The summed E-state index contributed by atoms with van der Waals surface area (Å²) < 4.78 is 12.9. The lowest BCUT2D eigenvalue weighted by molar-refractivity contribution is -0.143. The zero-order valence-corrected chi connectivity index (χ0v) is 18.1. The number of carbonyl (C=O) groups excluding carboxylic acids is 2. The van der Waals surface area contributed by atoms with Gasteiger partial charge in [0.2, 0.25) is 0 Å². The number of esters is 1. The maximum Gasteiger partial charge on any atom is 0.326 e. The first-order chi connectivity index (χ1) is 14.0. The van der Waals surface area contributed by atoms with E-state index in [4.69, 9.17) is 9.47 Å². The Hall–Kier alpha value is -2.58. The molecule has 3 rings (SSSR count). The molecule has 0 bridgehead atoms. The van der Waals surface area contributed by atoms with E-state index >= 15 is 0 Å². The van der Waals surface area contributed by atoms with Gasteiger partial charge in [-0.05, 0) is 55.1 Å². The second-order valence-corrected chi connectivity index (χ2v) is 8.33. The number of thiazole rings is 1. The number of ether oxygens (including phenoxy) is 2. The molecule has 1 amide bonds. The lowest BCUT2D eigenvalue weighted by atomic mass is 10.2. The fourth-order valence-corrected chi connectivity index (χ4v) is 4.48. The molecule has 0 aliphatic rings. The van der Waals surface area contributed by atoms with Crippen molar-refractivity contribution in [3.8, 4) is 5.75 Å². The van der Waals surface area contributed by atoms with E-state index in [1.54, 1.807) is 42.5 Å². The van der Waals surface area contributed by atoms with Crippen molar-refractivity contribution in [2.24, 2.45) is 4.99 Å². The van der Waals surface area contributed by atoms with Crippen molar-refractivity contribution < 1.29 is 19.1 Å². The number of fused-ring (bicyclic) bond motifs is 1. The van der Waals surface area contributed by atoms with Crippen molar-refractivity contribution in [1.82, 2.24) is 4.57 Å². The Kier molecular flexibility index (Phi) is 7.11. The van der Waals surface area contributed by atoms with E-state index in [0.29, 0.717) is 22.7 Å². The Labute approximate surface area is 177 Å². The highest BCUT2D eigenvalue weighted by atomic mass is 32.2. The molecule has 6 nitrogen and oxygen atoms in total. The molecule has 0 radical (unpaired) electrons. The highest BCUT2D eigenvalue weighted by molar-refractivity contribution is 7.99. The van der Waals surface area contributed by atoms with Gasteiger partial charge in [0.25, 0.3) is 5.91 Å². The van der Waals surface area contributed by atoms with Crippen LogP contribution in [-0.2, 0) is 16.1 Å². The van der Waals surface area contributed by atoms with Crippen LogP contribution in [0.15, 0.2) is 52.4 Å². The van der Waals surface area contributed by atoms with Gasteiger partial charge in [0.15, 0.2) is 4.80 Å². The molecule has 29 heavy (non-hydrogen) atoms. The van der Waals surface area contributed by atoms with Gasteiger partial charge in [-0.25, -0.2) is 0 Å². The zero-order chi connectivity index (χ0) is 20.8. The minimum Gasteiger partial charge on any atom is -0.497 e. The fraction of sp³-hybridized carbons (Fsp3) is 0.286. The van der Waals surface area contributed by atoms with Crippen molar-refractivity contribution in [3.05, 3.63) is 52.8 Å². The lowest BCUT2D eigenvalue weighted by Crippen LogP contribution is -2.23. The number of carbonyl (C=O) groups is 2. The number of nitrogens with zero attached hydrogens (tertiary/aromatic N) is 2. The highest BCUT2D eigenvalue weighted by Gasteiger charge is 2.13. The molecular formula is C21H22N2O4S2. The summed E-state index contributed by atoms with van der Waals surface area (Å²) in [6.45, 7) is 4.12. The number of rotatable bonds is 7. The molecule has 1 heterocycles. The van der Waals surface area contributed by atoms with Crippen LogP contribution in [0.5, 0.6) is 5.75 Å². The summed E-state index contributed by atoms with van der Waals surface area (Å²) in [5, 5.41) is 0. The maximum absolute atomic E-state index is 12.7. The number of hydrogen-bond donors (Lipinski definition) is 0. The van der Waals surface area contributed by atoms with Crippen LogP contribution in [0.4, 0.5) is 0 Å². The monoisotopic (exact) mass is 430 g/mol. The Bertz CT molecular complexity index is 1080. The van der Waals surface area contributed by atoms with Crippen molar-refractivity contribution >= 4 is 45.2 Å². The largest absolute Gasteiger partial charge is 0.497 e. The number of benzene rings is 2. The second kappa shape index (κ2) is 9.76. The van der Waals surface area contributed by atoms with E-state index in [2.05, 4.69) is 11.9 Å². The summed E-state index contributed by atoms with van der Waals surface area (Å²) >= 11 is 3.04. The third-order valence-corrected chi connectivity index (χ3v) is 6.03. The standard InChI is InChI=1S/C21H22N2O4S2/c1-4-27-19(24)13-23-17-11-8-15(26-3)12-18(17)29-21(23)22-20(25)14-6-9-16(10-7-14)28-5-2/h6-12H,4-5,13H2,1-3H3. The highest BCUT2D eigenvalue weighted by Crippen LogP contribution is 2.23. The number of aromatic nitrogens is 1. The normalized spacial score (nSPS) is 11.6. The number of thioether (sulfide) groups is 1.